The highest BCUT2D eigenvalue weighted by molar-refractivity contribution is 14.1. The maximum Gasteiger partial charge on any atom is 0.0208 e. The van der Waals surface area contributed by atoms with Gasteiger partial charge in [-0.25, -0.2) is 0 Å². The highest BCUT2D eigenvalue weighted by atomic mass is 127. The van der Waals surface area contributed by atoms with E-state index in [1.165, 1.54) is 14.7 Å². The predicted molar refractivity (Wildman–Crippen MR) is 59.3 cm³/mol. The van der Waals surface area contributed by atoms with Gasteiger partial charge in [0.1, 0.15) is 0 Å². The topological polar surface area (TPSA) is 12.0 Å². The zero-order valence-electron chi connectivity index (χ0n) is 7.10. The van der Waals surface area contributed by atoms with Gasteiger partial charge in [-0.05, 0) is 51.8 Å². The molecule has 1 aromatic carbocycles. The molecule has 1 heterocycles. The molecule has 0 aliphatic carbocycles. The minimum absolute atomic E-state index is 0.670. The zero-order chi connectivity index (χ0) is 8.55. The SMILES string of the molecule is CC1CNCc2ccc(I)cc21. The van der Waals surface area contributed by atoms with Crippen LogP contribution in [-0.4, -0.2) is 6.54 Å². The average molecular weight is 273 g/mol. The largest absolute Gasteiger partial charge is 0.312 e. The van der Waals surface area contributed by atoms with E-state index < -0.39 is 0 Å². The second-order valence-corrected chi connectivity index (χ2v) is 4.62. The fraction of sp³-hybridized carbons (Fsp3) is 0.400. The van der Waals surface area contributed by atoms with E-state index in [1.54, 1.807) is 0 Å². The Morgan fingerprint density at radius 3 is 3.17 bits per heavy atom. The van der Waals surface area contributed by atoms with Crippen LogP contribution in [-0.2, 0) is 6.54 Å². The van der Waals surface area contributed by atoms with Gasteiger partial charge < -0.3 is 5.32 Å². The van der Waals surface area contributed by atoms with E-state index in [0.717, 1.165) is 13.1 Å². The van der Waals surface area contributed by atoms with Gasteiger partial charge in [0.05, 0.1) is 0 Å². The molecule has 0 fully saturated rings. The molecule has 1 unspecified atom stereocenters. The monoisotopic (exact) mass is 273 g/mol. The van der Waals surface area contributed by atoms with Crippen LogP contribution in [0, 0.1) is 3.57 Å². The first-order valence-corrected chi connectivity index (χ1v) is 5.34. The van der Waals surface area contributed by atoms with Crippen LogP contribution in [0.4, 0.5) is 0 Å². The first-order chi connectivity index (χ1) is 5.77. The molecular weight excluding hydrogens is 261 g/mol. The van der Waals surface area contributed by atoms with Crippen LogP contribution in [0.5, 0.6) is 0 Å². The molecule has 1 aromatic rings. The van der Waals surface area contributed by atoms with Crippen molar-refractivity contribution in [3.05, 3.63) is 32.9 Å². The third-order valence-corrected chi connectivity index (χ3v) is 3.08. The van der Waals surface area contributed by atoms with Gasteiger partial charge in [0.15, 0.2) is 0 Å². The summed E-state index contributed by atoms with van der Waals surface area (Å²) < 4.78 is 1.35. The van der Waals surface area contributed by atoms with Crippen LogP contribution in [0.2, 0.25) is 0 Å². The zero-order valence-corrected chi connectivity index (χ0v) is 9.26. The molecule has 1 aliphatic rings. The predicted octanol–water partition coefficient (Wildman–Crippen LogP) is 2.50. The van der Waals surface area contributed by atoms with Crippen LogP contribution in [0.3, 0.4) is 0 Å². The molecule has 1 nitrogen and oxygen atoms in total. The minimum atomic E-state index is 0.670. The molecule has 1 atom stereocenters. The molecule has 1 N–H and O–H groups in total. The number of fused-ring (bicyclic) bond motifs is 1. The summed E-state index contributed by atoms with van der Waals surface area (Å²) in [6.45, 7) is 4.44. The lowest BCUT2D eigenvalue weighted by molar-refractivity contribution is 0.571. The van der Waals surface area contributed by atoms with E-state index >= 15 is 0 Å². The molecule has 2 rings (SSSR count). The Balaban J connectivity index is 2.47. The summed E-state index contributed by atoms with van der Waals surface area (Å²) in [6.07, 6.45) is 0. The molecule has 0 radical (unpaired) electrons. The van der Waals surface area contributed by atoms with Gasteiger partial charge >= 0.3 is 0 Å². The quantitative estimate of drug-likeness (QED) is 0.716. The molecule has 0 saturated heterocycles. The summed E-state index contributed by atoms with van der Waals surface area (Å²) in [5.41, 5.74) is 3.00. The van der Waals surface area contributed by atoms with Crippen molar-refractivity contribution in [3.63, 3.8) is 0 Å². The van der Waals surface area contributed by atoms with E-state index in [2.05, 4.69) is 53.0 Å². The molecular formula is C10H12IN. The molecule has 0 spiro atoms. The molecule has 2 heteroatoms. The Morgan fingerprint density at radius 2 is 2.33 bits per heavy atom. The Kier molecular flexibility index (Phi) is 2.37. The maximum absolute atomic E-state index is 3.41. The number of rotatable bonds is 0. The molecule has 0 saturated carbocycles. The van der Waals surface area contributed by atoms with Crippen molar-refractivity contribution < 1.29 is 0 Å². The summed E-state index contributed by atoms with van der Waals surface area (Å²) in [4.78, 5) is 0. The second-order valence-electron chi connectivity index (χ2n) is 3.38. The lowest BCUT2D eigenvalue weighted by Gasteiger charge is -2.23. The Hall–Kier alpha value is -0.0900. The molecule has 0 bridgehead atoms. The average Bonchev–Trinajstić information content (AvgIpc) is 2.07. The molecule has 64 valence electrons. The standard InChI is InChI=1S/C10H12IN/c1-7-5-12-6-8-2-3-9(11)4-10(7)8/h2-4,7,12H,5-6H2,1H3. The van der Waals surface area contributed by atoms with Crippen molar-refractivity contribution in [2.24, 2.45) is 0 Å². The van der Waals surface area contributed by atoms with Crippen LogP contribution < -0.4 is 5.32 Å². The van der Waals surface area contributed by atoms with E-state index in [1.807, 2.05) is 0 Å². The smallest absolute Gasteiger partial charge is 0.0208 e. The van der Waals surface area contributed by atoms with Gasteiger partial charge in [-0.3, -0.25) is 0 Å². The van der Waals surface area contributed by atoms with Crippen LogP contribution >= 0.6 is 22.6 Å². The molecule has 0 amide bonds. The fourth-order valence-corrected chi connectivity index (χ4v) is 2.23. The Morgan fingerprint density at radius 1 is 1.50 bits per heavy atom. The first kappa shape index (κ1) is 8.51. The second kappa shape index (κ2) is 3.34. The number of hydrogen-bond donors (Lipinski definition) is 1. The van der Waals surface area contributed by atoms with Crippen molar-refractivity contribution in [1.82, 2.24) is 5.32 Å². The fourth-order valence-electron chi connectivity index (χ4n) is 1.72. The summed E-state index contributed by atoms with van der Waals surface area (Å²) in [5, 5.41) is 3.41. The first-order valence-electron chi connectivity index (χ1n) is 4.26. The van der Waals surface area contributed by atoms with E-state index in [-0.39, 0.29) is 0 Å². The Bertz CT molecular complexity index is 296. The van der Waals surface area contributed by atoms with Crippen LogP contribution in [0.25, 0.3) is 0 Å². The maximum atomic E-state index is 3.41. The highest BCUT2D eigenvalue weighted by Crippen LogP contribution is 2.24. The van der Waals surface area contributed by atoms with Gasteiger partial charge in [0.2, 0.25) is 0 Å². The third kappa shape index (κ3) is 1.50. The van der Waals surface area contributed by atoms with E-state index in [0.29, 0.717) is 5.92 Å². The summed E-state index contributed by atoms with van der Waals surface area (Å²) in [6, 6.07) is 6.72. The van der Waals surface area contributed by atoms with Gasteiger partial charge in [0.25, 0.3) is 0 Å². The van der Waals surface area contributed by atoms with Gasteiger partial charge in [-0.2, -0.15) is 0 Å². The molecule has 12 heavy (non-hydrogen) atoms. The van der Waals surface area contributed by atoms with Crippen molar-refractivity contribution in [3.8, 4) is 0 Å². The highest BCUT2D eigenvalue weighted by Gasteiger charge is 2.15. The van der Waals surface area contributed by atoms with Crippen LogP contribution in [0.1, 0.15) is 24.0 Å². The van der Waals surface area contributed by atoms with Crippen molar-refractivity contribution >= 4 is 22.6 Å². The summed E-state index contributed by atoms with van der Waals surface area (Å²) >= 11 is 2.38. The third-order valence-electron chi connectivity index (χ3n) is 2.40. The van der Waals surface area contributed by atoms with Crippen molar-refractivity contribution in [2.75, 3.05) is 6.54 Å². The summed E-state index contributed by atoms with van der Waals surface area (Å²) in [7, 11) is 0. The normalized spacial score (nSPS) is 22.0. The lowest BCUT2D eigenvalue weighted by atomic mass is 9.93. The number of benzene rings is 1. The molecule has 1 aliphatic heterocycles. The number of hydrogen-bond acceptors (Lipinski definition) is 1. The summed E-state index contributed by atoms with van der Waals surface area (Å²) in [5.74, 6) is 0.670. The Labute approximate surface area is 86.7 Å². The lowest BCUT2D eigenvalue weighted by Crippen LogP contribution is -2.26. The molecule has 0 aromatic heterocycles. The minimum Gasteiger partial charge on any atom is -0.312 e. The number of halogens is 1. The number of nitrogens with one attached hydrogen (secondary N) is 1. The van der Waals surface area contributed by atoms with E-state index in [9.17, 15) is 0 Å². The van der Waals surface area contributed by atoms with Crippen LogP contribution in [0.15, 0.2) is 18.2 Å². The van der Waals surface area contributed by atoms with Crippen molar-refractivity contribution in [1.29, 1.82) is 0 Å². The van der Waals surface area contributed by atoms with E-state index in [4.69, 9.17) is 0 Å². The van der Waals surface area contributed by atoms with Gasteiger partial charge in [0, 0.05) is 16.7 Å². The van der Waals surface area contributed by atoms with Gasteiger partial charge in [-0.1, -0.05) is 13.0 Å². The van der Waals surface area contributed by atoms with Gasteiger partial charge in [-0.15, -0.1) is 0 Å². The van der Waals surface area contributed by atoms with Crippen molar-refractivity contribution in [2.45, 2.75) is 19.4 Å².